The fraction of sp³-hybridized carbons (Fsp3) is 0.742. The van der Waals surface area contributed by atoms with Crippen molar-refractivity contribution in [3.05, 3.63) is 29.8 Å². The molecule has 530 valence electrons. The zero-order valence-corrected chi connectivity index (χ0v) is 55.8. The third kappa shape index (κ3) is 47.8. The van der Waals surface area contributed by atoms with Crippen molar-refractivity contribution in [3.8, 4) is 5.75 Å². The number of carboxylic acid groups (broad SMARTS) is 2. The lowest BCUT2D eigenvalue weighted by Crippen LogP contribution is -2.53. The largest absolute Gasteiger partial charge is 0.508 e. The average molecular weight is 1320 g/mol. The highest BCUT2D eigenvalue weighted by atomic mass is 16.5. The Hall–Kier alpha value is -6.65. The SMILES string of the molecule is CC[C@@H](CCCCNC(=O)COCCOCCNC(=O)COCCOCCCC(=O)CC[C@H](NC(=O)CCCCCCCCCCCCCCCCC(=O)O)C(=O)O)C(=O)CNC(C)(C)C(=O)CN[C@@H](CCCN=C(N)N)CC(=O)N[C@@H](Cc1ccc(O)cc1)C(N)=O. The first kappa shape index (κ1) is 84.4. The van der Waals surface area contributed by atoms with Gasteiger partial charge in [0.2, 0.25) is 29.5 Å². The number of unbranched alkanes of at least 4 members (excludes halogenated alkanes) is 14. The molecule has 5 amide bonds. The number of aliphatic carboxylic acids is 2. The highest BCUT2D eigenvalue weighted by Crippen LogP contribution is 2.17. The van der Waals surface area contributed by atoms with E-state index in [9.17, 15) is 58.2 Å². The van der Waals surface area contributed by atoms with Gasteiger partial charge in [-0.1, -0.05) is 103 Å². The molecule has 1 aromatic rings. The summed E-state index contributed by atoms with van der Waals surface area (Å²) in [6.07, 6.45) is 19.6. The van der Waals surface area contributed by atoms with Crippen molar-refractivity contribution < 1.29 is 82.2 Å². The summed E-state index contributed by atoms with van der Waals surface area (Å²) in [6, 6.07) is 3.55. The number of amides is 5. The molecule has 1 rings (SSSR count). The van der Waals surface area contributed by atoms with Crippen LogP contribution in [0.5, 0.6) is 5.75 Å². The molecule has 0 saturated carbocycles. The monoisotopic (exact) mass is 1320 g/mol. The van der Waals surface area contributed by atoms with Crippen LogP contribution in [0.25, 0.3) is 0 Å². The number of nitrogens with zero attached hydrogens (tertiary/aromatic N) is 1. The predicted molar refractivity (Wildman–Crippen MR) is 353 cm³/mol. The number of phenols is 1. The van der Waals surface area contributed by atoms with E-state index in [1.54, 1.807) is 26.0 Å². The number of carbonyl (C=O) groups excluding carboxylic acids is 8. The molecule has 93 heavy (non-hydrogen) atoms. The van der Waals surface area contributed by atoms with Crippen LogP contribution in [-0.4, -0.2) is 189 Å². The Balaban J connectivity index is 2.13. The Bertz CT molecular complexity index is 2340. The van der Waals surface area contributed by atoms with Gasteiger partial charge in [-0.3, -0.25) is 53.5 Å². The second-order valence-electron chi connectivity index (χ2n) is 24.1. The summed E-state index contributed by atoms with van der Waals surface area (Å²) < 4.78 is 21.7. The summed E-state index contributed by atoms with van der Waals surface area (Å²) in [5.41, 5.74) is 16.1. The standard InChI is InChI=1S/C66H114N10O17/c1-4-50(56(79)45-74-66(2,3)57(80)46-73-51(24-21-35-72-65(68)69)44-59(82)76-55(63(67)87)43-49-28-30-53(78)31-29-49)23-19-20-34-70-60(83)47-93-42-40-91-38-36-71-61(84)48-92-41-39-90-37-22-25-52(77)32-33-54(64(88)89)75-58(81)26-17-15-13-11-9-7-5-6-8-10-12-14-16-18-27-62(85)86/h28-31,50-51,54-55,73-74,78H,4-27,32-48H2,1-3H3,(H2,67,87)(H,70,83)(H,71,84)(H,75,81)(H,76,82)(H,85,86)(H,88,89)(H4,68,69,72)/t50-,51-,54-,55-/m0/s1. The van der Waals surface area contributed by atoms with E-state index in [1.165, 1.54) is 50.7 Å². The molecule has 27 heteroatoms. The number of rotatable bonds is 63. The summed E-state index contributed by atoms with van der Waals surface area (Å²) in [7, 11) is 0. The Labute approximate surface area is 550 Å². The van der Waals surface area contributed by atoms with E-state index in [4.69, 9.17) is 41.3 Å². The van der Waals surface area contributed by atoms with Gasteiger partial charge in [0.15, 0.2) is 11.7 Å². The number of hydrogen-bond donors (Lipinski definition) is 12. The maximum Gasteiger partial charge on any atom is 0.326 e. The number of aliphatic imine (C=N–C) groups is 1. The number of nitrogens with two attached hydrogens (primary N) is 3. The molecule has 0 aliphatic heterocycles. The zero-order chi connectivity index (χ0) is 68.9. The van der Waals surface area contributed by atoms with Gasteiger partial charge in [0, 0.05) is 76.7 Å². The summed E-state index contributed by atoms with van der Waals surface area (Å²) in [6.45, 7) is 6.96. The molecule has 0 aliphatic carbocycles. The maximum absolute atomic E-state index is 13.5. The van der Waals surface area contributed by atoms with Crippen LogP contribution >= 0.6 is 0 Å². The van der Waals surface area contributed by atoms with Crippen LogP contribution in [0.4, 0.5) is 0 Å². The minimum atomic E-state index is -1.17. The number of hydrogen-bond acceptors (Lipinski definition) is 18. The number of ether oxygens (including phenoxy) is 4. The fourth-order valence-corrected chi connectivity index (χ4v) is 9.88. The van der Waals surface area contributed by atoms with Crippen LogP contribution in [0.3, 0.4) is 0 Å². The molecule has 0 aliphatic rings. The molecule has 0 fully saturated rings. The normalized spacial score (nSPS) is 12.6. The van der Waals surface area contributed by atoms with E-state index in [2.05, 4.69) is 36.9 Å². The second kappa shape index (κ2) is 53.7. The van der Waals surface area contributed by atoms with Crippen LogP contribution in [0.2, 0.25) is 0 Å². The van der Waals surface area contributed by atoms with Crippen molar-refractivity contribution in [2.24, 2.45) is 28.1 Å². The zero-order valence-electron chi connectivity index (χ0n) is 55.8. The Morgan fingerprint density at radius 1 is 0.548 bits per heavy atom. The van der Waals surface area contributed by atoms with Crippen LogP contribution in [0, 0.1) is 5.92 Å². The molecule has 1 aromatic carbocycles. The van der Waals surface area contributed by atoms with Crippen molar-refractivity contribution in [3.63, 3.8) is 0 Å². The van der Waals surface area contributed by atoms with Crippen LogP contribution in [-0.2, 0) is 73.3 Å². The molecular formula is C66H114N10O17. The van der Waals surface area contributed by atoms with Crippen molar-refractivity contribution in [2.75, 3.05) is 85.6 Å². The maximum atomic E-state index is 13.5. The highest BCUT2D eigenvalue weighted by Gasteiger charge is 2.30. The van der Waals surface area contributed by atoms with Gasteiger partial charge in [-0.2, -0.15) is 0 Å². The van der Waals surface area contributed by atoms with Gasteiger partial charge in [0.05, 0.1) is 51.7 Å². The first-order valence-electron chi connectivity index (χ1n) is 33.6. The molecule has 0 unspecified atom stereocenters. The molecule has 27 nitrogen and oxygen atoms in total. The molecule has 4 atom stereocenters. The van der Waals surface area contributed by atoms with E-state index in [1.807, 2.05) is 6.92 Å². The number of nitrogens with one attached hydrogen (secondary N) is 6. The van der Waals surface area contributed by atoms with Crippen molar-refractivity contribution >= 4 is 64.8 Å². The summed E-state index contributed by atoms with van der Waals surface area (Å²) in [5.74, 6) is -4.72. The van der Waals surface area contributed by atoms with Crippen molar-refractivity contribution in [1.29, 1.82) is 0 Å². The van der Waals surface area contributed by atoms with Gasteiger partial charge < -0.3 is 78.1 Å². The van der Waals surface area contributed by atoms with Gasteiger partial charge in [0.25, 0.3) is 0 Å². The molecule has 15 N–H and O–H groups in total. The van der Waals surface area contributed by atoms with E-state index in [0.717, 1.165) is 44.9 Å². The molecule has 0 radical (unpaired) electrons. The van der Waals surface area contributed by atoms with Crippen LogP contribution < -0.4 is 49.1 Å². The Morgan fingerprint density at radius 2 is 1.10 bits per heavy atom. The number of ketones is 3. The van der Waals surface area contributed by atoms with Gasteiger partial charge in [-0.15, -0.1) is 0 Å². The summed E-state index contributed by atoms with van der Waals surface area (Å²) in [4.78, 5) is 128. The lowest BCUT2D eigenvalue weighted by atomic mass is 9.93. The lowest BCUT2D eigenvalue weighted by Gasteiger charge is -2.27. The van der Waals surface area contributed by atoms with E-state index < -0.39 is 47.4 Å². The molecule has 0 spiro atoms. The topological polar surface area (TPSA) is 431 Å². The number of Topliss-reactive ketones (excluding diaryl/α,β-unsaturated/α-hetero) is 3. The summed E-state index contributed by atoms with van der Waals surface area (Å²) >= 11 is 0. The lowest BCUT2D eigenvalue weighted by molar-refractivity contribution is -0.142. The third-order valence-electron chi connectivity index (χ3n) is 15.6. The molecule has 0 heterocycles. The second-order valence-corrected chi connectivity index (χ2v) is 24.1. The van der Waals surface area contributed by atoms with E-state index in [-0.39, 0.29) is 170 Å². The Morgan fingerprint density at radius 3 is 1.66 bits per heavy atom. The van der Waals surface area contributed by atoms with E-state index in [0.29, 0.717) is 70.0 Å². The predicted octanol–water partition coefficient (Wildman–Crippen LogP) is 4.33. The summed E-state index contributed by atoms with van der Waals surface area (Å²) in [5, 5.41) is 44.9. The number of carboxylic acids is 2. The number of benzene rings is 1. The number of primary amides is 1. The highest BCUT2D eigenvalue weighted by molar-refractivity contribution is 5.91. The molecule has 0 aromatic heterocycles. The number of carbonyl (C=O) groups is 10. The van der Waals surface area contributed by atoms with Gasteiger partial charge in [-0.25, -0.2) is 4.79 Å². The smallest absolute Gasteiger partial charge is 0.326 e. The first-order valence-corrected chi connectivity index (χ1v) is 33.6. The number of phenolic OH excluding ortho intramolecular Hbond substituents is 1. The average Bonchev–Trinajstić information content (AvgIpc) is 2.29. The minimum absolute atomic E-state index is 0.0139. The molecular weight excluding hydrogens is 1200 g/mol. The molecule has 0 saturated heterocycles. The van der Waals surface area contributed by atoms with Crippen molar-refractivity contribution in [1.82, 2.24) is 31.9 Å². The van der Waals surface area contributed by atoms with Crippen molar-refractivity contribution in [2.45, 2.75) is 224 Å². The molecule has 0 bridgehead atoms. The Kier molecular flexibility index (Phi) is 48.7. The third-order valence-corrected chi connectivity index (χ3v) is 15.6. The van der Waals surface area contributed by atoms with E-state index >= 15 is 0 Å². The van der Waals surface area contributed by atoms with Gasteiger partial charge in [0.1, 0.15) is 42.6 Å². The first-order chi connectivity index (χ1) is 44.5. The van der Waals surface area contributed by atoms with Crippen LogP contribution in [0.15, 0.2) is 29.3 Å². The van der Waals surface area contributed by atoms with Crippen LogP contribution in [0.1, 0.15) is 200 Å². The fourth-order valence-electron chi connectivity index (χ4n) is 9.88. The quantitative estimate of drug-likeness (QED) is 0.0245. The van der Waals surface area contributed by atoms with Gasteiger partial charge in [-0.05, 0) is 89.3 Å². The van der Waals surface area contributed by atoms with Gasteiger partial charge >= 0.3 is 11.9 Å². The number of aromatic hydroxyl groups is 1. The number of guanidine groups is 1. The minimum Gasteiger partial charge on any atom is -0.508 e.